The van der Waals surface area contributed by atoms with Gasteiger partial charge in [-0.3, -0.25) is 4.90 Å². The summed E-state index contributed by atoms with van der Waals surface area (Å²) in [7, 11) is 0. The number of halogens is 6. The van der Waals surface area contributed by atoms with E-state index in [-0.39, 0.29) is 5.60 Å². The van der Waals surface area contributed by atoms with Crippen LogP contribution in [0, 0.1) is 5.92 Å². The Morgan fingerprint density at radius 2 is 1.57 bits per heavy atom. The molecular weight excluding hydrogens is 516 g/mol. The van der Waals surface area contributed by atoms with E-state index in [0.29, 0.717) is 12.0 Å². The summed E-state index contributed by atoms with van der Waals surface area (Å²) in [5.74, 6) is -3.87. The van der Waals surface area contributed by atoms with Gasteiger partial charge in [0.1, 0.15) is 5.82 Å². The first-order valence-corrected chi connectivity index (χ1v) is 11.5. The average molecular weight is 545 g/mol. The highest BCUT2D eigenvalue weighted by molar-refractivity contribution is 5.73. The number of nitrogens with zero attached hydrogens (tertiary/aromatic N) is 2. The highest BCUT2D eigenvalue weighted by atomic mass is 19.4. The van der Waals surface area contributed by atoms with E-state index in [4.69, 9.17) is 29.3 Å². The molecule has 1 atom stereocenters. The van der Waals surface area contributed by atoms with Gasteiger partial charge in [0.05, 0.1) is 5.60 Å². The van der Waals surface area contributed by atoms with Crippen molar-refractivity contribution in [2.75, 3.05) is 44.8 Å². The van der Waals surface area contributed by atoms with Gasteiger partial charge in [0.2, 0.25) is 0 Å². The third-order valence-corrected chi connectivity index (χ3v) is 6.20. The Bertz CT molecular complexity index is 835. The molecule has 0 amide bonds. The minimum Gasteiger partial charge on any atom is -0.475 e. The number of likely N-dealkylation sites (tertiary alicyclic amines) is 1. The highest BCUT2D eigenvalue weighted by Gasteiger charge is 2.54. The molecule has 3 saturated heterocycles. The summed E-state index contributed by atoms with van der Waals surface area (Å²) in [6.07, 6.45) is -3.60. The van der Waals surface area contributed by atoms with Crippen LogP contribution in [-0.4, -0.2) is 95.5 Å². The number of ether oxygens (including phenoxy) is 2. The van der Waals surface area contributed by atoms with Gasteiger partial charge >= 0.3 is 24.3 Å². The Kier molecular flexibility index (Phi) is 10.9. The van der Waals surface area contributed by atoms with Crippen LogP contribution in [-0.2, 0) is 19.1 Å². The maximum absolute atomic E-state index is 10.6. The molecule has 210 valence electrons. The molecule has 4 heterocycles. The Morgan fingerprint density at radius 1 is 1.00 bits per heavy atom. The highest BCUT2D eigenvalue weighted by Crippen LogP contribution is 2.43. The Morgan fingerprint density at radius 3 is 2.05 bits per heavy atom. The summed E-state index contributed by atoms with van der Waals surface area (Å²) >= 11 is 0. The van der Waals surface area contributed by atoms with Crippen molar-refractivity contribution in [1.29, 1.82) is 0 Å². The van der Waals surface area contributed by atoms with Crippen molar-refractivity contribution in [3.63, 3.8) is 0 Å². The fraction of sp³-hybridized carbons (Fsp3) is 0.682. The van der Waals surface area contributed by atoms with Gasteiger partial charge in [-0.05, 0) is 43.7 Å². The summed E-state index contributed by atoms with van der Waals surface area (Å²) in [5, 5.41) is 17.7. The standard InChI is InChI=1S/C18H27N3O2.2C2HF3O2/c1-2-8-19-17(3-1)20-9-4-15-5-12-23-18(15)13-21(14-18)16-6-10-22-11-7-16;2*3-2(4,5)1(6)7/h1-3,8,15-16H,4-7,9-14H2,(H,19,20);2*(H,6,7). The maximum Gasteiger partial charge on any atom is 0.490 e. The largest absolute Gasteiger partial charge is 0.490 e. The average Bonchev–Trinajstić information content (AvgIpc) is 3.23. The van der Waals surface area contributed by atoms with Gasteiger partial charge in [-0.2, -0.15) is 26.3 Å². The topological polar surface area (TPSA) is 121 Å². The first kappa shape index (κ1) is 30.6. The number of anilines is 1. The van der Waals surface area contributed by atoms with Crippen LogP contribution in [0.25, 0.3) is 0 Å². The van der Waals surface area contributed by atoms with Crippen molar-refractivity contribution in [2.24, 2.45) is 5.92 Å². The van der Waals surface area contributed by atoms with Crippen molar-refractivity contribution in [2.45, 2.75) is 49.7 Å². The van der Waals surface area contributed by atoms with Crippen molar-refractivity contribution in [3.05, 3.63) is 24.4 Å². The number of aliphatic carboxylic acids is 2. The second-order valence-corrected chi connectivity index (χ2v) is 8.68. The number of carboxylic acids is 2. The molecule has 3 fully saturated rings. The van der Waals surface area contributed by atoms with E-state index in [9.17, 15) is 26.3 Å². The van der Waals surface area contributed by atoms with Crippen LogP contribution in [0.2, 0.25) is 0 Å². The van der Waals surface area contributed by atoms with E-state index in [0.717, 1.165) is 51.7 Å². The Balaban J connectivity index is 0.000000286. The number of pyridine rings is 1. The molecule has 1 spiro atoms. The van der Waals surface area contributed by atoms with Crippen LogP contribution in [0.5, 0.6) is 0 Å². The third-order valence-electron chi connectivity index (χ3n) is 6.20. The number of rotatable bonds is 5. The molecule has 3 N–H and O–H groups in total. The first-order valence-electron chi connectivity index (χ1n) is 11.5. The molecule has 0 saturated carbocycles. The number of carbonyl (C=O) groups is 2. The molecule has 1 aromatic heterocycles. The van der Waals surface area contributed by atoms with Gasteiger partial charge in [-0.25, -0.2) is 14.6 Å². The van der Waals surface area contributed by atoms with Crippen molar-refractivity contribution in [1.82, 2.24) is 9.88 Å². The summed E-state index contributed by atoms with van der Waals surface area (Å²) < 4.78 is 75.1. The van der Waals surface area contributed by atoms with Gasteiger partial charge in [0.15, 0.2) is 0 Å². The van der Waals surface area contributed by atoms with E-state index < -0.39 is 24.3 Å². The van der Waals surface area contributed by atoms with E-state index >= 15 is 0 Å². The quantitative estimate of drug-likeness (QED) is 0.478. The molecule has 15 heteroatoms. The van der Waals surface area contributed by atoms with Crippen LogP contribution in [0.3, 0.4) is 0 Å². The lowest BCUT2D eigenvalue weighted by atomic mass is 9.77. The third kappa shape index (κ3) is 9.63. The van der Waals surface area contributed by atoms with Gasteiger partial charge in [-0.1, -0.05) is 6.07 Å². The number of alkyl halides is 6. The fourth-order valence-electron chi connectivity index (χ4n) is 4.33. The van der Waals surface area contributed by atoms with E-state index in [1.54, 1.807) is 0 Å². The smallest absolute Gasteiger partial charge is 0.475 e. The van der Waals surface area contributed by atoms with Gasteiger partial charge in [-0.15, -0.1) is 0 Å². The SMILES string of the molecule is O=C(O)C(F)(F)F.O=C(O)C(F)(F)F.c1ccc(NCCC2CCOC23CN(C2CCOCC2)C3)nc1. The molecule has 0 aromatic carbocycles. The molecule has 0 aliphatic carbocycles. The minimum absolute atomic E-state index is 0.129. The summed E-state index contributed by atoms with van der Waals surface area (Å²) in [6.45, 7) is 5.98. The second kappa shape index (κ2) is 13.2. The molecular formula is C22H29F6N3O6. The maximum atomic E-state index is 10.6. The van der Waals surface area contributed by atoms with Crippen LogP contribution < -0.4 is 5.32 Å². The molecule has 3 aliphatic heterocycles. The molecule has 3 aliphatic rings. The van der Waals surface area contributed by atoms with Crippen LogP contribution in [0.1, 0.15) is 25.7 Å². The van der Waals surface area contributed by atoms with Crippen LogP contribution in [0.15, 0.2) is 24.4 Å². The molecule has 1 unspecified atom stereocenters. The predicted octanol–water partition coefficient (Wildman–Crippen LogP) is 3.42. The number of nitrogens with one attached hydrogen (secondary N) is 1. The zero-order valence-electron chi connectivity index (χ0n) is 19.7. The monoisotopic (exact) mass is 545 g/mol. The molecule has 4 rings (SSSR count). The number of carboxylic acid groups (broad SMARTS) is 2. The minimum atomic E-state index is -5.08. The fourth-order valence-corrected chi connectivity index (χ4v) is 4.33. The van der Waals surface area contributed by atoms with Gasteiger partial charge in [0.25, 0.3) is 0 Å². The predicted molar refractivity (Wildman–Crippen MR) is 117 cm³/mol. The second-order valence-electron chi connectivity index (χ2n) is 8.68. The summed E-state index contributed by atoms with van der Waals surface area (Å²) in [5.41, 5.74) is 0.129. The first-order chi connectivity index (χ1) is 17.2. The number of aromatic nitrogens is 1. The summed E-state index contributed by atoms with van der Waals surface area (Å²) in [4.78, 5) is 24.7. The number of hydrogen-bond acceptors (Lipinski definition) is 7. The van der Waals surface area contributed by atoms with E-state index in [2.05, 4.69) is 15.2 Å². The Hall–Kier alpha value is -2.65. The normalized spacial score (nSPS) is 21.6. The number of hydrogen-bond donors (Lipinski definition) is 3. The van der Waals surface area contributed by atoms with E-state index in [1.165, 1.54) is 19.3 Å². The van der Waals surface area contributed by atoms with Crippen molar-refractivity contribution < 1.29 is 55.6 Å². The van der Waals surface area contributed by atoms with E-state index in [1.807, 2.05) is 24.4 Å². The molecule has 9 nitrogen and oxygen atoms in total. The van der Waals surface area contributed by atoms with Crippen molar-refractivity contribution in [3.8, 4) is 0 Å². The lowest BCUT2D eigenvalue weighted by molar-refractivity contribution is -0.193. The lowest BCUT2D eigenvalue weighted by Gasteiger charge is -2.54. The van der Waals surface area contributed by atoms with Crippen LogP contribution in [0.4, 0.5) is 32.2 Å². The Labute approximate surface area is 208 Å². The zero-order chi connectivity index (χ0) is 27.7. The summed E-state index contributed by atoms with van der Waals surface area (Å²) in [6, 6.07) is 6.71. The zero-order valence-corrected chi connectivity index (χ0v) is 19.7. The van der Waals surface area contributed by atoms with Gasteiger partial charge in [0, 0.05) is 51.7 Å². The molecule has 0 radical (unpaired) electrons. The lowest BCUT2D eigenvalue weighted by Crippen LogP contribution is -2.67. The van der Waals surface area contributed by atoms with Crippen molar-refractivity contribution >= 4 is 17.8 Å². The van der Waals surface area contributed by atoms with Gasteiger partial charge < -0.3 is 25.0 Å². The molecule has 1 aromatic rings. The van der Waals surface area contributed by atoms with Crippen LogP contribution >= 0.6 is 0 Å². The molecule has 37 heavy (non-hydrogen) atoms. The molecule has 0 bridgehead atoms.